The summed E-state index contributed by atoms with van der Waals surface area (Å²) in [5, 5.41) is 2.79. The summed E-state index contributed by atoms with van der Waals surface area (Å²) in [7, 11) is 1.52. The number of hydrogen-bond acceptors (Lipinski definition) is 8. The summed E-state index contributed by atoms with van der Waals surface area (Å²) in [6.45, 7) is 4.21. The lowest BCUT2D eigenvalue weighted by Crippen LogP contribution is -2.45. The number of nitrogens with one attached hydrogen (secondary N) is 1. The van der Waals surface area contributed by atoms with Crippen LogP contribution in [0.15, 0.2) is 40.8 Å². The molecule has 0 saturated carbocycles. The molecule has 1 unspecified atom stereocenters. The molecule has 0 bridgehead atoms. The number of aryl methyl sites for hydroxylation is 2. The van der Waals surface area contributed by atoms with Crippen LogP contribution in [0.3, 0.4) is 0 Å². The van der Waals surface area contributed by atoms with Crippen molar-refractivity contribution in [3.63, 3.8) is 0 Å². The van der Waals surface area contributed by atoms with E-state index in [2.05, 4.69) is 9.69 Å². The standard InChI is InChI=1S/C23H27N5O5S/c1-4-14-7-5-6-8-15(14)28(23(31)20-17(24)18(21(25)29)27-34-20)19(16-10-9-13(2)33-16)22(30)26-11-12-32-3/h5-10,19H,4,11-12,24H2,1-3H3,(H2,25,29)(H,26,30). The van der Waals surface area contributed by atoms with E-state index in [-0.39, 0.29) is 28.6 Å². The first kappa shape index (κ1) is 24.9. The van der Waals surface area contributed by atoms with E-state index in [0.717, 1.165) is 17.1 Å². The van der Waals surface area contributed by atoms with Gasteiger partial charge in [0.1, 0.15) is 16.4 Å². The van der Waals surface area contributed by atoms with Gasteiger partial charge >= 0.3 is 0 Å². The number of nitrogens with zero attached hydrogens (tertiary/aromatic N) is 2. The van der Waals surface area contributed by atoms with Gasteiger partial charge in [-0.05, 0) is 48.6 Å². The molecule has 5 N–H and O–H groups in total. The highest BCUT2D eigenvalue weighted by atomic mass is 32.1. The van der Waals surface area contributed by atoms with Crippen molar-refractivity contribution < 1.29 is 23.5 Å². The summed E-state index contributed by atoms with van der Waals surface area (Å²) in [5.74, 6) is -1.07. The Labute approximate surface area is 201 Å². The lowest BCUT2D eigenvalue weighted by molar-refractivity contribution is -0.123. The maximum absolute atomic E-state index is 13.9. The minimum atomic E-state index is -1.16. The van der Waals surface area contributed by atoms with Gasteiger partial charge in [-0.25, -0.2) is 0 Å². The van der Waals surface area contributed by atoms with Gasteiger partial charge < -0.3 is 25.9 Å². The van der Waals surface area contributed by atoms with Crippen molar-refractivity contribution >= 4 is 40.6 Å². The number of rotatable bonds is 10. The number of anilines is 2. The first-order valence-electron chi connectivity index (χ1n) is 10.6. The van der Waals surface area contributed by atoms with Crippen molar-refractivity contribution in [3.8, 4) is 0 Å². The average Bonchev–Trinajstić information content (AvgIpc) is 3.42. The Morgan fingerprint density at radius 2 is 1.97 bits per heavy atom. The van der Waals surface area contributed by atoms with Crippen molar-refractivity contribution in [3.05, 3.63) is 64.1 Å². The van der Waals surface area contributed by atoms with E-state index >= 15 is 0 Å². The second kappa shape index (κ2) is 10.9. The maximum atomic E-state index is 13.9. The number of nitrogens with two attached hydrogens (primary N) is 2. The molecule has 3 aromatic rings. The topological polar surface area (TPSA) is 154 Å². The molecular formula is C23H27N5O5S. The monoisotopic (exact) mass is 485 g/mol. The zero-order valence-corrected chi connectivity index (χ0v) is 20.0. The van der Waals surface area contributed by atoms with Gasteiger partial charge in [-0.3, -0.25) is 19.3 Å². The van der Waals surface area contributed by atoms with Crippen LogP contribution in [0.5, 0.6) is 0 Å². The van der Waals surface area contributed by atoms with Crippen LogP contribution in [0.1, 0.15) is 50.2 Å². The molecule has 0 spiro atoms. The Hall–Kier alpha value is -3.70. The summed E-state index contributed by atoms with van der Waals surface area (Å²) in [6.07, 6.45) is 0.597. The highest BCUT2D eigenvalue weighted by Gasteiger charge is 2.38. The molecule has 10 nitrogen and oxygen atoms in total. The summed E-state index contributed by atoms with van der Waals surface area (Å²) in [5.41, 5.74) is 12.4. The normalized spacial score (nSPS) is 11.7. The third kappa shape index (κ3) is 5.10. The molecule has 2 aromatic heterocycles. The molecule has 1 atom stereocenters. The van der Waals surface area contributed by atoms with Crippen LogP contribution in [-0.4, -0.2) is 42.4 Å². The quantitative estimate of drug-likeness (QED) is 0.373. The number of hydrogen-bond donors (Lipinski definition) is 3. The second-order valence-electron chi connectivity index (χ2n) is 7.43. The molecule has 11 heteroatoms. The minimum absolute atomic E-state index is 0.00215. The van der Waals surface area contributed by atoms with Crippen LogP contribution in [0.2, 0.25) is 0 Å². The van der Waals surface area contributed by atoms with Crippen molar-refractivity contribution in [2.24, 2.45) is 5.73 Å². The summed E-state index contributed by atoms with van der Waals surface area (Å²) >= 11 is 0.751. The van der Waals surface area contributed by atoms with Gasteiger partial charge in [-0.1, -0.05) is 25.1 Å². The molecular weight excluding hydrogens is 458 g/mol. The Bertz CT molecular complexity index is 1190. The molecule has 0 aliphatic heterocycles. The summed E-state index contributed by atoms with van der Waals surface area (Å²) < 4.78 is 14.8. The first-order chi connectivity index (χ1) is 16.3. The Morgan fingerprint density at radius 3 is 2.56 bits per heavy atom. The minimum Gasteiger partial charge on any atom is -0.464 e. The number of aromatic nitrogens is 1. The van der Waals surface area contributed by atoms with E-state index in [1.807, 2.05) is 19.1 Å². The van der Waals surface area contributed by atoms with Crippen LogP contribution < -0.4 is 21.7 Å². The molecule has 1 aromatic carbocycles. The van der Waals surface area contributed by atoms with Gasteiger partial charge in [-0.15, -0.1) is 0 Å². The van der Waals surface area contributed by atoms with Crippen LogP contribution in [0.4, 0.5) is 11.4 Å². The summed E-state index contributed by atoms with van der Waals surface area (Å²) in [4.78, 5) is 40.4. The number of para-hydroxylation sites is 1. The molecule has 0 radical (unpaired) electrons. The fourth-order valence-electron chi connectivity index (χ4n) is 3.50. The molecule has 2 heterocycles. The molecule has 0 fully saturated rings. The summed E-state index contributed by atoms with van der Waals surface area (Å²) in [6, 6.07) is 9.43. The van der Waals surface area contributed by atoms with Crippen molar-refractivity contribution in [1.29, 1.82) is 0 Å². The Morgan fingerprint density at radius 1 is 1.24 bits per heavy atom. The lowest BCUT2D eigenvalue weighted by atomic mass is 10.0. The van der Waals surface area contributed by atoms with Crippen molar-refractivity contribution in [1.82, 2.24) is 9.69 Å². The molecule has 3 rings (SSSR count). The number of amides is 3. The zero-order chi connectivity index (χ0) is 24.8. The van der Waals surface area contributed by atoms with Crippen LogP contribution in [0.25, 0.3) is 0 Å². The van der Waals surface area contributed by atoms with Crippen molar-refractivity contribution in [2.45, 2.75) is 26.3 Å². The fourth-order valence-corrected chi connectivity index (χ4v) is 4.24. The van der Waals surface area contributed by atoms with Crippen LogP contribution in [-0.2, 0) is 16.0 Å². The van der Waals surface area contributed by atoms with Gasteiger partial charge in [-0.2, -0.15) is 4.37 Å². The molecule has 0 saturated heterocycles. The van der Waals surface area contributed by atoms with E-state index in [4.69, 9.17) is 20.6 Å². The first-order valence-corrected chi connectivity index (χ1v) is 11.4. The molecule has 34 heavy (non-hydrogen) atoms. The van der Waals surface area contributed by atoms with Crippen molar-refractivity contribution in [2.75, 3.05) is 30.9 Å². The third-order valence-electron chi connectivity index (χ3n) is 5.15. The van der Waals surface area contributed by atoms with Gasteiger partial charge in [0, 0.05) is 19.3 Å². The van der Waals surface area contributed by atoms with Crippen LogP contribution in [0, 0.1) is 6.92 Å². The number of carbonyl (C=O) groups excluding carboxylic acids is 3. The van der Waals surface area contributed by atoms with E-state index in [1.165, 1.54) is 12.0 Å². The Kier molecular flexibility index (Phi) is 8.03. The lowest BCUT2D eigenvalue weighted by Gasteiger charge is -2.31. The number of furan rings is 1. The number of ether oxygens (including phenoxy) is 1. The van der Waals surface area contributed by atoms with E-state index in [1.54, 1.807) is 31.2 Å². The number of primary amides is 1. The highest BCUT2D eigenvalue weighted by molar-refractivity contribution is 7.09. The van der Waals surface area contributed by atoms with Gasteiger partial charge in [0.2, 0.25) is 0 Å². The Balaban J connectivity index is 2.20. The number of methoxy groups -OCH3 is 1. The van der Waals surface area contributed by atoms with Gasteiger partial charge in [0.25, 0.3) is 17.7 Å². The predicted octanol–water partition coefficient (Wildman–Crippen LogP) is 2.44. The molecule has 0 aliphatic rings. The third-order valence-corrected chi connectivity index (χ3v) is 6.00. The van der Waals surface area contributed by atoms with E-state index in [0.29, 0.717) is 24.5 Å². The highest BCUT2D eigenvalue weighted by Crippen LogP contribution is 2.35. The number of benzene rings is 1. The molecule has 180 valence electrons. The number of carbonyl (C=O) groups is 3. The SMILES string of the molecule is CCc1ccccc1N(C(=O)c1snc(C(N)=O)c1N)C(C(=O)NCCOC)c1ccc(C)o1. The van der Waals surface area contributed by atoms with Gasteiger partial charge in [0.05, 0.1) is 12.3 Å². The molecule has 0 aliphatic carbocycles. The van der Waals surface area contributed by atoms with E-state index < -0.39 is 23.8 Å². The average molecular weight is 486 g/mol. The van der Waals surface area contributed by atoms with Crippen LogP contribution >= 0.6 is 11.5 Å². The fraction of sp³-hybridized carbons (Fsp3) is 0.304. The second-order valence-corrected chi connectivity index (χ2v) is 8.20. The largest absolute Gasteiger partial charge is 0.464 e. The van der Waals surface area contributed by atoms with Gasteiger partial charge in [0.15, 0.2) is 11.7 Å². The maximum Gasteiger partial charge on any atom is 0.273 e. The predicted molar refractivity (Wildman–Crippen MR) is 129 cm³/mol. The smallest absolute Gasteiger partial charge is 0.273 e. The van der Waals surface area contributed by atoms with E-state index in [9.17, 15) is 14.4 Å². The molecule has 3 amide bonds. The number of nitrogen functional groups attached to an aromatic ring is 1. The zero-order valence-electron chi connectivity index (χ0n) is 19.2.